The number of nitrogens with one attached hydrogen (secondary N) is 2. The molecule has 0 aliphatic carbocycles. The number of aryl methyl sites for hydroxylation is 1. The Morgan fingerprint density at radius 3 is 2.60 bits per heavy atom. The number of hydrogen-bond acceptors (Lipinski definition) is 4. The number of benzene rings is 2. The molecule has 0 bridgehead atoms. The standard InChI is InChI=1S/C19H21N3O3/c1-3-14-7-4-5-10-17(14)20-18(24)11-13(2)21-22-19(25)15-8-6-9-16(23)12-15/h4-10,12,23H,3,11H2,1-2H3,(H,20,24)(H,22,25)/b21-13-. The van der Waals surface area contributed by atoms with Crippen molar-refractivity contribution in [2.24, 2.45) is 5.10 Å². The minimum Gasteiger partial charge on any atom is -0.508 e. The molecule has 0 saturated heterocycles. The first-order valence-electron chi connectivity index (χ1n) is 8.00. The Labute approximate surface area is 146 Å². The highest BCUT2D eigenvalue weighted by atomic mass is 16.3. The van der Waals surface area contributed by atoms with Crippen LogP contribution in [0.3, 0.4) is 0 Å². The number of phenols is 1. The third-order valence-electron chi connectivity index (χ3n) is 3.55. The molecule has 25 heavy (non-hydrogen) atoms. The lowest BCUT2D eigenvalue weighted by Crippen LogP contribution is -2.21. The van der Waals surface area contributed by atoms with E-state index in [9.17, 15) is 14.7 Å². The maximum absolute atomic E-state index is 12.1. The maximum Gasteiger partial charge on any atom is 0.271 e. The summed E-state index contributed by atoms with van der Waals surface area (Å²) in [7, 11) is 0. The molecule has 2 rings (SSSR count). The van der Waals surface area contributed by atoms with Crippen molar-refractivity contribution in [3.05, 3.63) is 59.7 Å². The van der Waals surface area contributed by atoms with E-state index in [1.54, 1.807) is 19.1 Å². The smallest absolute Gasteiger partial charge is 0.271 e. The summed E-state index contributed by atoms with van der Waals surface area (Å²) in [4.78, 5) is 24.0. The minimum absolute atomic E-state index is 0.00215. The third-order valence-corrected chi connectivity index (χ3v) is 3.55. The van der Waals surface area contributed by atoms with E-state index in [4.69, 9.17) is 0 Å². The van der Waals surface area contributed by atoms with Crippen LogP contribution in [-0.4, -0.2) is 22.6 Å². The predicted octanol–water partition coefficient (Wildman–Crippen LogP) is 3.09. The summed E-state index contributed by atoms with van der Waals surface area (Å²) in [5.74, 6) is -0.650. The summed E-state index contributed by atoms with van der Waals surface area (Å²) in [6.07, 6.45) is 0.891. The average Bonchev–Trinajstić information content (AvgIpc) is 2.60. The highest BCUT2D eigenvalue weighted by molar-refractivity contribution is 6.06. The Morgan fingerprint density at radius 2 is 1.88 bits per heavy atom. The second-order valence-electron chi connectivity index (χ2n) is 5.57. The molecule has 2 aromatic rings. The molecule has 0 aliphatic heterocycles. The Kier molecular flexibility index (Phi) is 6.28. The van der Waals surface area contributed by atoms with Gasteiger partial charge in [0.15, 0.2) is 0 Å². The van der Waals surface area contributed by atoms with Crippen molar-refractivity contribution in [2.75, 3.05) is 5.32 Å². The fourth-order valence-electron chi connectivity index (χ4n) is 2.27. The number of amides is 2. The lowest BCUT2D eigenvalue weighted by molar-refractivity contribution is -0.115. The quantitative estimate of drug-likeness (QED) is 0.558. The van der Waals surface area contributed by atoms with Gasteiger partial charge < -0.3 is 10.4 Å². The Morgan fingerprint density at radius 1 is 1.12 bits per heavy atom. The van der Waals surface area contributed by atoms with Crippen LogP contribution in [0.15, 0.2) is 53.6 Å². The van der Waals surface area contributed by atoms with E-state index in [0.29, 0.717) is 5.71 Å². The molecule has 3 N–H and O–H groups in total. The summed E-state index contributed by atoms with van der Waals surface area (Å²) >= 11 is 0. The molecule has 0 spiro atoms. The number of anilines is 1. The number of hydrazone groups is 1. The van der Waals surface area contributed by atoms with E-state index in [2.05, 4.69) is 15.8 Å². The molecular weight excluding hydrogens is 318 g/mol. The summed E-state index contributed by atoms with van der Waals surface area (Å²) in [6.45, 7) is 3.68. The SMILES string of the molecule is CCc1ccccc1NC(=O)C/C(C)=N\NC(=O)c1cccc(O)c1. The number of rotatable bonds is 6. The van der Waals surface area contributed by atoms with E-state index < -0.39 is 5.91 Å². The number of phenolic OH excluding ortho intramolecular Hbond substituents is 1. The van der Waals surface area contributed by atoms with Gasteiger partial charge in [-0.1, -0.05) is 31.2 Å². The van der Waals surface area contributed by atoms with Crippen molar-refractivity contribution in [3.8, 4) is 5.75 Å². The molecule has 6 nitrogen and oxygen atoms in total. The van der Waals surface area contributed by atoms with E-state index >= 15 is 0 Å². The molecule has 2 aromatic carbocycles. The molecule has 0 saturated carbocycles. The van der Waals surface area contributed by atoms with Gasteiger partial charge in [0.05, 0.1) is 6.42 Å². The fourth-order valence-corrected chi connectivity index (χ4v) is 2.27. The monoisotopic (exact) mass is 339 g/mol. The zero-order chi connectivity index (χ0) is 18.2. The van der Waals surface area contributed by atoms with Gasteiger partial charge >= 0.3 is 0 Å². The molecule has 0 aromatic heterocycles. The Bertz CT molecular complexity index is 800. The van der Waals surface area contributed by atoms with Crippen LogP contribution in [0.4, 0.5) is 5.69 Å². The van der Waals surface area contributed by atoms with E-state index in [0.717, 1.165) is 17.7 Å². The van der Waals surface area contributed by atoms with Crippen LogP contribution in [-0.2, 0) is 11.2 Å². The molecular formula is C19H21N3O3. The number of aromatic hydroxyl groups is 1. The largest absolute Gasteiger partial charge is 0.508 e. The van der Waals surface area contributed by atoms with Crippen LogP contribution in [0.5, 0.6) is 5.75 Å². The van der Waals surface area contributed by atoms with Gasteiger partial charge in [0, 0.05) is 17.0 Å². The molecule has 2 amide bonds. The van der Waals surface area contributed by atoms with Crippen LogP contribution in [0.2, 0.25) is 0 Å². The normalized spacial score (nSPS) is 11.0. The molecule has 0 atom stereocenters. The molecule has 0 unspecified atom stereocenters. The molecule has 0 aliphatic rings. The number of para-hydroxylation sites is 1. The van der Waals surface area contributed by atoms with E-state index in [1.165, 1.54) is 12.1 Å². The average molecular weight is 339 g/mol. The van der Waals surface area contributed by atoms with Gasteiger partial charge in [0.25, 0.3) is 5.91 Å². The van der Waals surface area contributed by atoms with Crippen molar-refractivity contribution >= 4 is 23.2 Å². The number of nitrogens with zero attached hydrogens (tertiary/aromatic N) is 1. The van der Waals surface area contributed by atoms with Gasteiger partial charge in [-0.05, 0) is 43.2 Å². The topological polar surface area (TPSA) is 90.8 Å². The number of carbonyl (C=O) groups excluding carboxylic acids is 2. The summed E-state index contributed by atoms with van der Waals surface area (Å²) < 4.78 is 0. The van der Waals surface area contributed by atoms with Crippen LogP contribution >= 0.6 is 0 Å². The van der Waals surface area contributed by atoms with Crippen LogP contribution in [0.1, 0.15) is 36.2 Å². The Balaban J connectivity index is 1.92. The van der Waals surface area contributed by atoms with Crippen LogP contribution in [0.25, 0.3) is 0 Å². The van der Waals surface area contributed by atoms with E-state index in [1.807, 2.05) is 31.2 Å². The lowest BCUT2D eigenvalue weighted by atomic mass is 10.1. The first kappa shape index (κ1) is 18.2. The zero-order valence-corrected chi connectivity index (χ0v) is 14.2. The van der Waals surface area contributed by atoms with Crippen molar-refractivity contribution in [3.63, 3.8) is 0 Å². The first-order chi connectivity index (χ1) is 12.0. The fraction of sp³-hybridized carbons (Fsp3) is 0.211. The van der Waals surface area contributed by atoms with Gasteiger partial charge in [0.1, 0.15) is 5.75 Å². The first-order valence-corrected chi connectivity index (χ1v) is 8.00. The van der Waals surface area contributed by atoms with E-state index in [-0.39, 0.29) is 23.6 Å². The zero-order valence-electron chi connectivity index (χ0n) is 14.2. The van der Waals surface area contributed by atoms with Gasteiger partial charge in [-0.3, -0.25) is 9.59 Å². The minimum atomic E-state index is -0.452. The molecule has 0 heterocycles. The second-order valence-corrected chi connectivity index (χ2v) is 5.57. The third kappa shape index (κ3) is 5.46. The number of hydrogen-bond donors (Lipinski definition) is 3. The lowest BCUT2D eigenvalue weighted by Gasteiger charge is -2.09. The maximum atomic E-state index is 12.1. The van der Waals surface area contributed by atoms with Gasteiger partial charge in [-0.25, -0.2) is 5.43 Å². The van der Waals surface area contributed by atoms with Crippen molar-refractivity contribution in [1.29, 1.82) is 0 Å². The van der Waals surface area contributed by atoms with Gasteiger partial charge in [0.2, 0.25) is 5.91 Å². The molecule has 0 fully saturated rings. The summed E-state index contributed by atoms with van der Waals surface area (Å²) in [5, 5.41) is 16.2. The van der Waals surface area contributed by atoms with Crippen LogP contribution in [0, 0.1) is 0 Å². The molecule has 130 valence electrons. The van der Waals surface area contributed by atoms with Crippen molar-refractivity contribution < 1.29 is 14.7 Å². The Hall–Kier alpha value is -3.15. The number of carbonyl (C=O) groups is 2. The van der Waals surface area contributed by atoms with Crippen LogP contribution < -0.4 is 10.7 Å². The second kappa shape index (κ2) is 8.63. The summed E-state index contributed by atoms with van der Waals surface area (Å²) in [5.41, 5.74) is 4.98. The predicted molar refractivity (Wildman–Crippen MR) is 97.7 cm³/mol. The van der Waals surface area contributed by atoms with Gasteiger partial charge in [-0.2, -0.15) is 5.10 Å². The highest BCUT2D eigenvalue weighted by Gasteiger charge is 2.09. The molecule has 0 radical (unpaired) electrons. The molecule has 6 heteroatoms. The van der Waals surface area contributed by atoms with Gasteiger partial charge in [-0.15, -0.1) is 0 Å². The summed E-state index contributed by atoms with van der Waals surface area (Å²) in [6, 6.07) is 13.6. The van der Waals surface area contributed by atoms with Crippen molar-refractivity contribution in [2.45, 2.75) is 26.7 Å². The van der Waals surface area contributed by atoms with Crippen molar-refractivity contribution in [1.82, 2.24) is 5.43 Å². The highest BCUT2D eigenvalue weighted by Crippen LogP contribution is 2.15.